The van der Waals surface area contributed by atoms with E-state index in [1.54, 1.807) is 0 Å². The highest BCUT2D eigenvalue weighted by molar-refractivity contribution is 9.13. The van der Waals surface area contributed by atoms with Gasteiger partial charge in [-0.25, -0.2) is 0 Å². The molecule has 3 nitrogen and oxygen atoms in total. The maximum atomic E-state index is 10.4. The molecule has 0 aromatic heterocycles. The summed E-state index contributed by atoms with van der Waals surface area (Å²) in [6.07, 6.45) is 1.32. The first-order valence-electron chi connectivity index (χ1n) is 4.90. The van der Waals surface area contributed by atoms with E-state index in [9.17, 15) is 4.79 Å². The molecule has 1 unspecified atom stereocenters. The van der Waals surface area contributed by atoms with Gasteiger partial charge in [-0.2, -0.15) is 0 Å². The molecule has 1 atom stereocenters. The number of benzene rings is 1. The van der Waals surface area contributed by atoms with Crippen LogP contribution in [0.5, 0.6) is 0 Å². The van der Waals surface area contributed by atoms with Crippen LogP contribution in [0, 0.1) is 0 Å². The summed E-state index contributed by atoms with van der Waals surface area (Å²) in [5.74, 6) is -0.799. The second kappa shape index (κ2) is 6.37. The van der Waals surface area contributed by atoms with Crippen molar-refractivity contribution in [3.05, 3.63) is 32.7 Å². The van der Waals surface area contributed by atoms with Gasteiger partial charge in [-0.3, -0.25) is 4.79 Å². The zero-order valence-electron chi connectivity index (χ0n) is 8.62. The second-order valence-electron chi connectivity index (χ2n) is 3.65. The molecule has 0 saturated carbocycles. The summed E-state index contributed by atoms with van der Waals surface area (Å²) in [7, 11) is 0. The van der Waals surface area contributed by atoms with Gasteiger partial charge in [0, 0.05) is 21.4 Å². The summed E-state index contributed by atoms with van der Waals surface area (Å²) >= 11 is 6.81. The van der Waals surface area contributed by atoms with Crippen molar-refractivity contribution in [3.8, 4) is 0 Å². The fraction of sp³-hybridized carbons (Fsp3) is 0.364. The van der Waals surface area contributed by atoms with E-state index < -0.39 is 5.97 Å². The topological polar surface area (TPSA) is 63.3 Å². The molecule has 16 heavy (non-hydrogen) atoms. The molecule has 0 saturated heterocycles. The lowest BCUT2D eigenvalue weighted by Crippen LogP contribution is -2.23. The van der Waals surface area contributed by atoms with Gasteiger partial charge in [0.15, 0.2) is 0 Å². The number of aliphatic carboxylic acids is 1. The van der Waals surface area contributed by atoms with Crippen molar-refractivity contribution in [2.24, 2.45) is 5.73 Å². The summed E-state index contributed by atoms with van der Waals surface area (Å²) in [6, 6.07) is 5.81. The van der Waals surface area contributed by atoms with E-state index in [0.29, 0.717) is 12.8 Å². The Hall–Kier alpha value is -0.390. The molecule has 0 spiro atoms. The molecule has 0 bridgehead atoms. The maximum Gasteiger partial charge on any atom is 0.303 e. The van der Waals surface area contributed by atoms with Crippen LogP contribution < -0.4 is 5.73 Å². The van der Waals surface area contributed by atoms with E-state index in [1.165, 1.54) is 0 Å². The van der Waals surface area contributed by atoms with Crippen LogP contribution >= 0.6 is 31.9 Å². The van der Waals surface area contributed by atoms with Gasteiger partial charge in [0.25, 0.3) is 0 Å². The third-order valence-electron chi connectivity index (χ3n) is 2.21. The molecule has 0 radical (unpaired) electrons. The number of halogens is 2. The normalized spacial score (nSPS) is 12.4. The van der Waals surface area contributed by atoms with Gasteiger partial charge in [-0.1, -0.05) is 6.07 Å². The molecule has 0 fully saturated rings. The molecule has 1 aromatic rings. The molecule has 3 N–H and O–H groups in total. The predicted octanol–water partition coefficient (Wildman–Crippen LogP) is 2.95. The van der Waals surface area contributed by atoms with Gasteiger partial charge in [-0.15, -0.1) is 0 Å². The van der Waals surface area contributed by atoms with E-state index in [1.807, 2.05) is 18.2 Å². The van der Waals surface area contributed by atoms with Crippen molar-refractivity contribution >= 4 is 37.8 Å². The molecule has 1 aromatic carbocycles. The zero-order valence-corrected chi connectivity index (χ0v) is 11.8. The van der Waals surface area contributed by atoms with Crippen molar-refractivity contribution in [1.82, 2.24) is 0 Å². The second-order valence-corrected chi connectivity index (χ2v) is 5.35. The Morgan fingerprint density at radius 1 is 1.38 bits per heavy atom. The maximum absolute atomic E-state index is 10.4. The average molecular weight is 351 g/mol. The van der Waals surface area contributed by atoms with Gasteiger partial charge in [0.2, 0.25) is 0 Å². The average Bonchev–Trinajstić information content (AvgIpc) is 2.21. The van der Waals surface area contributed by atoms with Gasteiger partial charge in [-0.05, 0) is 62.4 Å². The van der Waals surface area contributed by atoms with Gasteiger partial charge in [0.1, 0.15) is 0 Å². The van der Waals surface area contributed by atoms with Crippen molar-refractivity contribution in [3.63, 3.8) is 0 Å². The lowest BCUT2D eigenvalue weighted by atomic mass is 10.0. The van der Waals surface area contributed by atoms with Crippen LogP contribution in [0.3, 0.4) is 0 Å². The van der Waals surface area contributed by atoms with Crippen LogP contribution in [0.4, 0.5) is 0 Å². The Balaban J connectivity index is 2.52. The number of carboxylic acids is 1. The van der Waals surface area contributed by atoms with Gasteiger partial charge in [0.05, 0.1) is 0 Å². The lowest BCUT2D eigenvalue weighted by Gasteiger charge is -2.10. The first-order valence-corrected chi connectivity index (χ1v) is 6.49. The molecule has 0 aliphatic rings. The largest absolute Gasteiger partial charge is 0.481 e. The van der Waals surface area contributed by atoms with E-state index >= 15 is 0 Å². The standard InChI is InChI=1S/C11H13Br2NO2/c12-9-3-1-7(6-10(9)13)5-8(14)2-4-11(15)16/h1,3,6,8H,2,4-5,14H2,(H,15,16). The SMILES string of the molecule is NC(CCC(=O)O)Cc1ccc(Br)c(Br)c1. The van der Waals surface area contributed by atoms with E-state index in [-0.39, 0.29) is 12.5 Å². The van der Waals surface area contributed by atoms with Crippen molar-refractivity contribution in [2.45, 2.75) is 25.3 Å². The quantitative estimate of drug-likeness (QED) is 0.858. The Morgan fingerprint density at radius 3 is 2.62 bits per heavy atom. The molecule has 0 heterocycles. The Labute approximate surface area is 111 Å². The molecular weight excluding hydrogens is 338 g/mol. The smallest absolute Gasteiger partial charge is 0.303 e. The highest BCUT2D eigenvalue weighted by Gasteiger charge is 2.08. The number of rotatable bonds is 5. The van der Waals surface area contributed by atoms with Crippen LogP contribution in [-0.2, 0) is 11.2 Å². The summed E-state index contributed by atoms with van der Waals surface area (Å²) in [6.45, 7) is 0. The van der Waals surface area contributed by atoms with Gasteiger partial charge < -0.3 is 10.8 Å². The molecule has 0 amide bonds. The first kappa shape index (κ1) is 13.7. The summed E-state index contributed by atoms with van der Waals surface area (Å²) in [5.41, 5.74) is 6.96. The molecule has 5 heteroatoms. The van der Waals surface area contributed by atoms with Crippen molar-refractivity contribution in [2.75, 3.05) is 0 Å². The Morgan fingerprint density at radius 2 is 2.06 bits per heavy atom. The van der Waals surface area contributed by atoms with Crippen LogP contribution in [0.1, 0.15) is 18.4 Å². The molecule has 0 aliphatic heterocycles. The minimum Gasteiger partial charge on any atom is -0.481 e. The summed E-state index contributed by atoms with van der Waals surface area (Å²) < 4.78 is 1.98. The monoisotopic (exact) mass is 349 g/mol. The van der Waals surface area contributed by atoms with E-state index in [2.05, 4.69) is 31.9 Å². The highest BCUT2D eigenvalue weighted by atomic mass is 79.9. The Bertz CT molecular complexity index is 382. The number of carboxylic acid groups (broad SMARTS) is 1. The highest BCUT2D eigenvalue weighted by Crippen LogP contribution is 2.24. The number of hydrogen-bond acceptors (Lipinski definition) is 2. The lowest BCUT2D eigenvalue weighted by molar-refractivity contribution is -0.137. The summed E-state index contributed by atoms with van der Waals surface area (Å²) in [4.78, 5) is 10.4. The molecule has 0 aliphatic carbocycles. The minimum absolute atomic E-state index is 0.107. The molecule has 88 valence electrons. The molecular formula is C11H13Br2NO2. The van der Waals surface area contributed by atoms with Crippen LogP contribution in [0.25, 0.3) is 0 Å². The number of nitrogens with two attached hydrogens (primary N) is 1. The zero-order chi connectivity index (χ0) is 12.1. The third kappa shape index (κ3) is 4.63. The fourth-order valence-corrected chi connectivity index (χ4v) is 2.05. The van der Waals surface area contributed by atoms with Gasteiger partial charge >= 0.3 is 5.97 Å². The van der Waals surface area contributed by atoms with Crippen molar-refractivity contribution < 1.29 is 9.90 Å². The minimum atomic E-state index is -0.799. The van der Waals surface area contributed by atoms with E-state index in [0.717, 1.165) is 14.5 Å². The fourth-order valence-electron chi connectivity index (χ4n) is 1.38. The van der Waals surface area contributed by atoms with Crippen LogP contribution in [-0.4, -0.2) is 17.1 Å². The molecule has 1 rings (SSSR count). The predicted molar refractivity (Wildman–Crippen MR) is 70.4 cm³/mol. The third-order valence-corrected chi connectivity index (χ3v) is 4.09. The number of carbonyl (C=O) groups is 1. The van der Waals surface area contributed by atoms with Crippen LogP contribution in [0.15, 0.2) is 27.1 Å². The number of hydrogen-bond donors (Lipinski definition) is 2. The van der Waals surface area contributed by atoms with E-state index in [4.69, 9.17) is 10.8 Å². The summed E-state index contributed by atoms with van der Waals surface area (Å²) in [5, 5.41) is 8.54. The first-order chi connectivity index (χ1) is 7.49. The van der Waals surface area contributed by atoms with Crippen molar-refractivity contribution in [1.29, 1.82) is 0 Å². The Kier molecular flexibility index (Phi) is 5.44. The van der Waals surface area contributed by atoms with Crippen LogP contribution in [0.2, 0.25) is 0 Å².